The molecule has 0 radical (unpaired) electrons. The van der Waals surface area contributed by atoms with Crippen molar-refractivity contribution in [2.45, 2.75) is 6.92 Å². The van der Waals surface area contributed by atoms with Gasteiger partial charge in [-0.2, -0.15) is 0 Å². The van der Waals surface area contributed by atoms with E-state index in [1.165, 1.54) is 0 Å². The maximum Gasteiger partial charge on any atom is 0.319 e. The minimum Gasteiger partial charge on any atom is -0.429 e. The van der Waals surface area contributed by atoms with Gasteiger partial charge in [0.2, 0.25) is 0 Å². The zero-order valence-corrected chi connectivity index (χ0v) is 7.78. The van der Waals surface area contributed by atoms with E-state index in [0.717, 1.165) is 22.8 Å². The molecule has 13 heavy (non-hydrogen) atoms. The number of nitrogens with zero attached hydrogens (tertiary/aromatic N) is 3. The van der Waals surface area contributed by atoms with Crippen LogP contribution in [0.4, 0.5) is 0 Å². The summed E-state index contributed by atoms with van der Waals surface area (Å²) in [4.78, 5) is 0. The van der Waals surface area contributed by atoms with E-state index in [9.17, 15) is 0 Å². The molecule has 0 aliphatic carbocycles. The molecule has 1 heterocycles. The summed E-state index contributed by atoms with van der Waals surface area (Å²) in [6.07, 6.45) is 0. The summed E-state index contributed by atoms with van der Waals surface area (Å²) in [5.41, 5.74) is 1.15. The molecular weight excluding hydrogens is 186 g/mol. The standard InChI is InChI=1S/C8H7N3OS/c1-6-3-2-4-7(5-6)12-8-9-10-11-13-8/h2-5H,1H3. The van der Waals surface area contributed by atoms with Crippen LogP contribution in [-0.2, 0) is 0 Å². The van der Waals surface area contributed by atoms with Crippen molar-refractivity contribution in [1.29, 1.82) is 0 Å². The van der Waals surface area contributed by atoms with Gasteiger partial charge in [0.05, 0.1) is 0 Å². The van der Waals surface area contributed by atoms with Gasteiger partial charge in [0.15, 0.2) is 0 Å². The molecule has 0 aliphatic heterocycles. The summed E-state index contributed by atoms with van der Waals surface area (Å²) in [6.45, 7) is 2.01. The highest BCUT2D eigenvalue weighted by atomic mass is 32.1. The number of hydrogen-bond acceptors (Lipinski definition) is 5. The average molecular weight is 193 g/mol. The molecule has 0 N–H and O–H groups in total. The van der Waals surface area contributed by atoms with Crippen LogP contribution >= 0.6 is 11.5 Å². The van der Waals surface area contributed by atoms with E-state index in [1.54, 1.807) is 0 Å². The minimum absolute atomic E-state index is 0.464. The fraction of sp³-hybridized carbons (Fsp3) is 0.125. The van der Waals surface area contributed by atoms with Crippen LogP contribution in [0.3, 0.4) is 0 Å². The number of aromatic nitrogens is 3. The second kappa shape index (κ2) is 3.49. The third-order valence-electron chi connectivity index (χ3n) is 1.48. The number of ether oxygens (including phenoxy) is 1. The van der Waals surface area contributed by atoms with Crippen molar-refractivity contribution in [2.24, 2.45) is 0 Å². The third-order valence-corrected chi connectivity index (χ3v) is 1.95. The molecule has 0 spiro atoms. The second-order valence-corrected chi connectivity index (χ2v) is 3.24. The van der Waals surface area contributed by atoms with Crippen LogP contribution in [0, 0.1) is 6.92 Å². The molecule has 1 aromatic carbocycles. The Labute approximate surface area is 79.3 Å². The lowest BCUT2D eigenvalue weighted by molar-refractivity contribution is 0.472. The first-order chi connectivity index (χ1) is 6.34. The van der Waals surface area contributed by atoms with Crippen LogP contribution in [0.1, 0.15) is 5.56 Å². The van der Waals surface area contributed by atoms with E-state index < -0.39 is 0 Å². The van der Waals surface area contributed by atoms with Gasteiger partial charge in [0, 0.05) is 11.5 Å². The SMILES string of the molecule is Cc1cccc(Oc2nnns2)c1. The average Bonchev–Trinajstić information content (AvgIpc) is 2.57. The first-order valence-corrected chi connectivity index (χ1v) is 4.51. The van der Waals surface area contributed by atoms with E-state index in [0.29, 0.717) is 5.19 Å². The summed E-state index contributed by atoms with van der Waals surface area (Å²) in [6, 6.07) is 7.74. The Morgan fingerprint density at radius 3 is 3.00 bits per heavy atom. The molecule has 2 aromatic rings. The predicted octanol–water partition coefficient (Wildman–Crippen LogP) is 2.03. The first-order valence-electron chi connectivity index (χ1n) is 3.74. The Hall–Kier alpha value is -1.49. The molecule has 5 heteroatoms. The molecule has 66 valence electrons. The molecule has 1 aromatic heterocycles. The van der Waals surface area contributed by atoms with Crippen molar-refractivity contribution in [3.63, 3.8) is 0 Å². The van der Waals surface area contributed by atoms with Crippen LogP contribution < -0.4 is 4.74 Å². The first kappa shape index (κ1) is 8.12. The van der Waals surface area contributed by atoms with Crippen molar-refractivity contribution < 1.29 is 4.74 Å². The zero-order chi connectivity index (χ0) is 9.10. The van der Waals surface area contributed by atoms with Gasteiger partial charge in [-0.05, 0) is 29.8 Å². The highest BCUT2D eigenvalue weighted by molar-refractivity contribution is 7.07. The van der Waals surface area contributed by atoms with E-state index in [4.69, 9.17) is 4.74 Å². The molecule has 4 nitrogen and oxygen atoms in total. The lowest BCUT2D eigenvalue weighted by Crippen LogP contribution is -1.83. The highest BCUT2D eigenvalue weighted by Crippen LogP contribution is 2.21. The number of hydrogen-bond donors (Lipinski definition) is 0. The molecule has 0 amide bonds. The number of aryl methyl sites for hydroxylation is 1. The monoisotopic (exact) mass is 193 g/mol. The summed E-state index contributed by atoms with van der Waals surface area (Å²) in [7, 11) is 0. The van der Waals surface area contributed by atoms with Gasteiger partial charge in [-0.25, -0.2) is 0 Å². The Kier molecular flexibility index (Phi) is 2.18. The Morgan fingerprint density at radius 2 is 2.31 bits per heavy atom. The summed E-state index contributed by atoms with van der Waals surface area (Å²) in [5.74, 6) is 0.763. The zero-order valence-electron chi connectivity index (χ0n) is 6.97. The fourth-order valence-corrected chi connectivity index (χ4v) is 1.29. The highest BCUT2D eigenvalue weighted by Gasteiger charge is 2.00. The lowest BCUT2D eigenvalue weighted by atomic mass is 10.2. The van der Waals surface area contributed by atoms with Crippen LogP contribution in [0.2, 0.25) is 0 Å². The Balaban J connectivity index is 2.19. The van der Waals surface area contributed by atoms with Gasteiger partial charge < -0.3 is 4.74 Å². The maximum absolute atomic E-state index is 5.38. The molecule has 0 fully saturated rings. The van der Waals surface area contributed by atoms with Crippen LogP contribution in [-0.4, -0.2) is 14.8 Å². The second-order valence-electron chi connectivity index (χ2n) is 2.55. The van der Waals surface area contributed by atoms with E-state index in [-0.39, 0.29) is 0 Å². The number of rotatable bonds is 2. The Bertz CT molecular complexity index is 388. The van der Waals surface area contributed by atoms with Gasteiger partial charge in [0.25, 0.3) is 0 Å². The van der Waals surface area contributed by atoms with Crippen molar-refractivity contribution in [1.82, 2.24) is 14.8 Å². The van der Waals surface area contributed by atoms with Crippen molar-refractivity contribution in [3.05, 3.63) is 29.8 Å². The van der Waals surface area contributed by atoms with E-state index in [1.807, 2.05) is 31.2 Å². The van der Waals surface area contributed by atoms with Crippen LogP contribution in [0.5, 0.6) is 10.9 Å². The molecule has 0 saturated heterocycles. The molecular formula is C8H7N3OS. The van der Waals surface area contributed by atoms with Gasteiger partial charge >= 0.3 is 5.19 Å². The van der Waals surface area contributed by atoms with Crippen LogP contribution in [0.25, 0.3) is 0 Å². The lowest BCUT2D eigenvalue weighted by Gasteiger charge is -2.00. The molecule has 2 rings (SSSR count). The van der Waals surface area contributed by atoms with Gasteiger partial charge in [0.1, 0.15) is 5.75 Å². The molecule has 0 atom stereocenters. The molecule has 0 saturated carbocycles. The summed E-state index contributed by atoms with van der Waals surface area (Å²) >= 11 is 1.13. The third kappa shape index (κ3) is 2.00. The van der Waals surface area contributed by atoms with Gasteiger partial charge in [-0.1, -0.05) is 21.7 Å². The largest absolute Gasteiger partial charge is 0.429 e. The van der Waals surface area contributed by atoms with Crippen molar-refractivity contribution in [2.75, 3.05) is 0 Å². The van der Waals surface area contributed by atoms with Gasteiger partial charge in [-0.15, -0.1) is 0 Å². The topological polar surface area (TPSA) is 47.9 Å². The minimum atomic E-state index is 0.464. The van der Waals surface area contributed by atoms with Gasteiger partial charge in [-0.3, -0.25) is 0 Å². The molecule has 0 aliphatic rings. The predicted molar refractivity (Wildman–Crippen MR) is 49.0 cm³/mol. The normalized spacial score (nSPS) is 9.92. The van der Waals surface area contributed by atoms with Crippen molar-refractivity contribution >= 4 is 11.5 Å². The number of benzene rings is 1. The quantitative estimate of drug-likeness (QED) is 0.732. The molecule has 0 bridgehead atoms. The van der Waals surface area contributed by atoms with Crippen molar-refractivity contribution in [3.8, 4) is 10.9 Å². The Morgan fingerprint density at radius 1 is 1.38 bits per heavy atom. The van der Waals surface area contributed by atoms with E-state index >= 15 is 0 Å². The smallest absolute Gasteiger partial charge is 0.319 e. The summed E-state index contributed by atoms with van der Waals surface area (Å²) in [5, 5.41) is 7.57. The summed E-state index contributed by atoms with van der Waals surface area (Å²) < 4.78 is 8.98. The maximum atomic E-state index is 5.38. The van der Waals surface area contributed by atoms with Crippen LogP contribution in [0.15, 0.2) is 24.3 Å². The molecule has 0 unspecified atom stereocenters. The van der Waals surface area contributed by atoms with E-state index in [2.05, 4.69) is 14.8 Å². The fourth-order valence-electron chi connectivity index (χ4n) is 0.945.